The van der Waals surface area contributed by atoms with E-state index in [4.69, 9.17) is 0 Å². The van der Waals surface area contributed by atoms with Gasteiger partial charge in [0.05, 0.1) is 23.8 Å². The Hall–Kier alpha value is -2.55. The topological polar surface area (TPSA) is 61.7 Å². The number of amides is 1. The number of hydrogen-bond donors (Lipinski definition) is 0. The van der Waals surface area contributed by atoms with Crippen molar-refractivity contribution in [2.75, 3.05) is 50.7 Å². The van der Waals surface area contributed by atoms with Crippen LogP contribution < -0.4 is 10.5 Å². The molecule has 0 radical (unpaired) electrons. The summed E-state index contributed by atoms with van der Waals surface area (Å²) in [5.41, 5.74) is 1.06. The van der Waals surface area contributed by atoms with Gasteiger partial charge in [-0.2, -0.15) is 0 Å². The zero-order valence-corrected chi connectivity index (χ0v) is 16.3. The molecule has 1 amide bonds. The van der Waals surface area contributed by atoms with Gasteiger partial charge in [-0.1, -0.05) is 0 Å². The molecule has 0 spiro atoms. The van der Waals surface area contributed by atoms with Crippen molar-refractivity contribution in [3.63, 3.8) is 0 Å². The summed E-state index contributed by atoms with van der Waals surface area (Å²) in [5, 5.41) is 0.353. The average molecular weight is 405 g/mol. The van der Waals surface area contributed by atoms with Crippen LogP contribution in [0.4, 0.5) is 14.5 Å². The summed E-state index contributed by atoms with van der Waals surface area (Å²) in [5.74, 6) is 0.264. The van der Waals surface area contributed by atoms with Crippen LogP contribution in [0.2, 0.25) is 0 Å². The Bertz CT molecular complexity index is 940. The van der Waals surface area contributed by atoms with Gasteiger partial charge in [-0.3, -0.25) is 19.1 Å². The molecule has 2 fully saturated rings. The molecule has 2 aliphatic heterocycles. The third-order valence-electron chi connectivity index (χ3n) is 5.74. The molecule has 9 heteroatoms. The highest BCUT2D eigenvalue weighted by Gasteiger charge is 2.22. The summed E-state index contributed by atoms with van der Waals surface area (Å²) in [6.07, 6.45) is 0.247. The maximum atomic E-state index is 12.6. The smallest absolute Gasteiger partial charge is 0.261 e. The minimum Gasteiger partial charge on any atom is -0.369 e. The SMILES string of the molecule is O=C1CCCN1CCN1CCN(c2ccc3c(=O)n(CC(F)F)cnc3c2)CC1. The zero-order chi connectivity index (χ0) is 20.4. The Balaban J connectivity index is 1.38. The Labute approximate surface area is 167 Å². The molecule has 0 N–H and O–H groups in total. The molecule has 156 valence electrons. The van der Waals surface area contributed by atoms with Crippen LogP contribution in [0, 0.1) is 0 Å². The van der Waals surface area contributed by atoms with E-state index in [-0.39, 0.29) is 5.91 Å². The largest absolute Gasteiger partial charge is 0.369 e. The summed E-state index contributed by atoms with van der Waals surface area (Å²) < 4.78 is 26.1. The zero-order valence-electron chi connectivity index (χ0n) is 16.3. The number of likely N-dealkylation sites (tertiary alicyclic amines) is 1. The van der Waals surface area contributed by atoms with Gasteiger partial charge in [0.15, 0.2) is 0 Å². The second kappa shape index (κ2) is 8.44. The highest BCUT2D eigenvalue weighted by atomic mass is 19.3. The van der Waals surface area contributed by atoms with Crippen molar-refractivity contribution in [1.82, 2.24) is 19.4 Å². The van der Waals surface area contributed by atoms with Crippen LogP contribution in [0.15, 0.2) is 29.3 Å². The molecule has 2 aromatic rings. The summed E-state index contributed by atoms with van der Waals surface area (Å²) in [4.78, 5) is 34.8. The van der Waals surface area contributed by atoms with E-state index >= 15 is 0 Å². The van der Waals surface area contributed by atoms with Crippen molar-refractivity contribution in [2.24, 2.45) is 0 Å². The van der Waals surface area contributed by atoms with E-state index in [1.54, 1.807) is 6.07 Å². The van der Waals surface area contributed by atoms with E-state index in [9.17, 15) is 18.4 Å². The first kappa shape index (κ1) is 19.8. The fourth-order valence-corrected chi connectivity index (χ4v) is 4.05. The summed E-state index contributed by atoms with van der Waals surface area (Å²) >= 11 is 0. The van der Waals surface area contributed by atoms with E-state index in [1.165, 1.54) is 6.33 Å². The number of halogens is 2. The van der Waals surface area contributed by atoms with E-state index in [0.29, 0.717) is 17.3 Å². The predicted octanol–water partition coefficient (Wildman–Crippen LogP) is 1.41. The highest BCUT2D eigenvalue weighted by molar-refractivity contribution is 5.81. The van der Waals surface area contributed by atoms with Gasteiger partial charge in [0, 0.05) is 57.9 Å². The van der Waals surface area contributed by atoms with Gasteiger partial charge in [0.2, 0.25) is 5.91 Å². The van der Waals surface area contributed by atoms with E-state index in [2.05, 4.69) is 14.8 Å². The third-order valence-corrected chi connectivity index (χ3v) is 5.74. The minimum atomic E-state index is -2.59. The number of aromatic nitrogens is 2. The molecule has 3 heterocycles. The predicted molar refractivity (Wildman–Crippen MR) is 106 cm³/mol. The van der Waals surface area contributed by atoms with Crippen molar-refractivity contribution in [3.05, 3.63) is 34.9 Å². The van der Waals surface area contributed by atoms with Crippen LogP contribution in [-0.2, 0) is 11.3 Å². The first-order valence-corrected chi connectivity index (χ1v) is 10.0. The van der Waals surface area contributed by atoms with Crippen molar-refractivity contribution < 1.29 is 13.6 Å². The quantitative estimate of drug-likeness (QED) is 0.727. The van der Waals surface area contributed by atoms with Crippen molar-refractivity contribution >= 4 is 22.5 Å². The maximum absolute atomic E-state index is 12.6. The van der Waals surface area contributed by atoms with Crippen LogP contribution in [0.1, 0.15) is 12.8 Å². The fraction of sp³-hybridized carbons (Fsp3) is 0.550. The molecule has 4 rings (SSSR count). The van der Waals surface area contributed by atoms with Gasteiger partial charge in [-0.15, -0.1) is 0 Å². The van der Waals surface area contributed by atoms with Gasteiger partial charge in [-0.25, -0.2) is 13.8 Å². The number of anilines is 1. The number of nitrogens with zero attached hydrogens (tertiary/aromatic N) is 5. The molecule has 1 aromatic heterocycles. The summed E-state index contributed by atoms with van der Waals surface area (Å²) in [7, 11) is 0. The average Bonchev–Trinajstić information content (AvgIpc) is 3.13. The third kappa shape index (κ3) is 4.39. The minimum absolute atomic E-state index is 0.264. The normalized spacial score (nSPS) is 18.4. The lowest BCUT2D eigenvalue weighted by atomic mass is 10.2. The van der Waals surface area contributed by atoms with Crippen LogP contribution in [0.3, 0.4) is 0 Å². The van der Waals surface area contributed by atoms with Crippen LogP contribution in [-0.4, -0.2) is 77.5 Å². The number of alkyl halides is 2. The number of rotatable bonds is 6. The highest BCUT2D eigenvalue weighted by Crippen LogP contribution is 2.20. The Morgan fingerprint density at radius 1 is 1.03 bits per heavy atom. The van der Waals surface area contributed by atoms with Gasteiger partial charge < -0.3 is 9.80 Å². The Morgan fingerprint density at radius 2 is 1.83 bits per heavy atom. The lowest BCUT2D eigenvalue weighted by Crippen LogP contribution is -2.48. The van der Waals surface area contributed by atoms with Crippen molar-refractivity contribution in [2.45, 2.75) is 25.8 Å². The fourth-order valence-electron chi connectivity index (χ4n) is 4.05. The number of piperazine rings is 1. The molecule has 2 saturated heterocycles. The van der Waals surface area contributed by atoms with Crippen molar-refractivity contribution in [3.8, 4) is 0 Å². The molecular formula is C20H25F2N5O2. The molecule has 7 nitrogen and oxygen atoms in total. The molecular weight excluding hydrogens is 380 g/mol. The molecule has 2 aliphatic rings. The first-order chi connectivity index (χ1) is 14.0. The Morgan fingerprint density at radius 3 is 2.52 bits per heavy atom. The summed E-state index contributed by atoms with van der Waals surface area (Å²) in [6.45, 7) is 5.43. The lowest BCUT2D eigenvalue weighted by Gasteiger charge is -2.36. The van der Waals surface area contributed by atoms with Gasteiger partial charge in [0.25, 0.3) is 12.0 Å². The number of hydrogen-bond acceptors (Lipinski definition) is 5. The lowest BCUT2D eigenvalue weighted by molar-refractivity contribution is -0.127. The molecule has 0 unspecified atom stereocenters. The van der Waals surface area contributed by atoms with Crippen molar-refractivity contribution in [1.29, 1.82) is 0 Å². The first-order valence-electron chi connectivity index (χ1n) is 10.0. The Kier molecular flexibility index (Phi) is 5.75. The number of fused-ring (bicyclic) bond motifs is 1. The number of carbonyl (C=O) groups is 1. The molecule has 0 saturated carbocycles. The van der Waals surface area contributed by atoms with E-state index < -0.39 is 18.5 Å². The molecule has 0 bridgehead atoms. The van der Waals surface area contributed by atoms with E-state index in [1.807, 2.05) is 17.0 Å². The van der Waals surface area contributed by atoms with Crippen LogP contribution in [0.5, 0.6) is 0 Å². The van der Waals surface area contributed by atoms with Gasteiger partial charge in [0.1, 0.15) is 0 Å². The number of benzene rings is 1. The standard InChI is InChI=1S/C20H25F2N5O2/c21-18(22)13-27-14-23-17-12-15(3-4-16(17)20(27)29)25-9-6-24(7-10-25)8-11-26-5-1-2-19(26)28/h3-4,12,14,18H,1-2,5-11,13H2. The monoisotopic (exact) mass is 405 g/mol. The number of carbonyl (C=O) groups excluding carboxylic acids is 1. The second-order valence-corrected chi connectivity index (χ2v) is 7.61. The maximum Gasteiger partial charge on any atom is 0.261 e. The second-order valence-electron chi connectivity index (χ2n) is 7.61. The van der Waals surface area contributed by atoms with Gasteiger partial charge in [-0.05, 0) is 24.6 Å². The molecule has 0 atom stereocenters. The van der Waals surface area contributed by atoms with Gasteiger partial charge >= 0.3 is 0 Å². The molecule has 1 aromatic carbocycles. The summed E-state index contributed by atoms with van der Waals surface area (Å²) in [6, 6.07) is 5.38. The van der Waals surface area contributed by atoms with Crippen LogP contribution >= 0.6 is 0 Å². The van der Waals surface area contributed by atoms with E-state index in [0.717, 1.165) is 62.5 Å². The molecule has 0 aliphatic carbocycles. The van der Waals surface area contributed by atoms with Crippen LogP contribution in [0.25, 0.3) is 10.9 Å². The molecule has 29 heavy (non-hydrogen) atoms.